The highest BCUT2D eigenvalue weighted by Crippen LogP contribution is 2.24. The van der Waals surface area contributed by atoms with Gasteiger partial charge in [-0.1, -0.05) is 31.2 Å². The zero-order valence-electron chi connectivity index (χ0n) is 12.1. The van der Waals surface area contributed by atoms with E-state index >= 15 is 0 Å². The molecule has 0 aromatic heterocycles. The summed E-state index contributed by atoms with van der Waals surface area (Å²) in [6.07, 6.45) is -4.91. The van der Waals surface area contributed by atoms with Crippen LogP contribution in [0.2, 0.25) is 0 Å². The summed E-state index contributed by atoms with van der Waals surface area (Å²) in [5.41, 5.74) is 1.90. The van der Waals surface area contributed by atoms with Crippen LogP contribution in [-0.4, -0.2) is 35.8 Å². The standard InChI is InChI=1S/C15H22F3NO/c1-4-12-5-7-13(8-6-12)14(20)11(2)19(3)10-9-15(16,17)18/h5-8,11,14,20H,4,9-10H2,1-3H3. The number of aryl methyl sites for hydroxylation is 1. The first-order valence-electron chi connectivity index (χ1n) is 6.78. The largest absolute Gasteiger partial charge is 0.390 e. The molecule has 20 heavy (non-hydrogen) atoms. The summed E-state index contributed by atoms with van der Waals surface area (Å²) in [4.78, 5) is 1.53. The fourth-order valence-electron chi connectivity index (χ4n) is 1.98. The molecule has 1 rings (SSSR count). The van der Waals surface area contributed by atoms with Crippen molar-refractivity contribution in [3.05, 3.63) is 35.4 Å². The third-order valence-corrected chi connectivity index (χ3v) is 3.63. The lowest BCUT2D eigenvalue weighted by Gasteiger charge is -2.29. The first kappa shape index (κ1) is 17.0. The van der Waals surface area contributed by atoms with Crippen molar-refractivity contribution in [2.75, 3.05) is 13.6 Å². The Morgan fingerprint density at radius 1 is 1.20 bits per heavy atom. The number of alkyl halides is 3. The monoisotopic (exact) mass is 289 g/mol. The average molecular weight is 289 g/mol. The number of benzene rings is 1. The molecular weight excluding hydrogens is 267 g/mol. The van der Waals surface area contributed by atoms with Gasteiger partial charge in [0.15, 0.2) is 0 Å². The lowest BCUT2D eigenvalue weighted by atomic mass is 10.0. The van der Waals surface area contributed by atoms with Gasteiger partial charge in [-0.05, 0) is 31.5 Å². The molecular formula is C15H22F3NO. The Hall–Kier alpha value is -1.07. The molecule has 0 aliphatic rings. The minimum absolute atomic E-state index is 0.116. The zero-order chi connectivity index (χ0) is 15.3. The van der Waals surface area contributed by atoms with Crippen molar-refractivity contribution < 1.29 is 18.3 Å². The van der Waals surface area contributed by atoms with E-state index in [0.717, 1.165) is 12.0 Å². The van der Waals surface area contributed by atoms with E-state index in [-0.39, 0.29) is 12.6 Å². The molecule has 1 aromatic rings. The molecule has 0 aliphatic heterocycles. The Labute approximate surface area is 118 Å². The SMILES string of the molecule is CCc1ccc(C(O)C(C)N(C)CCC(F)(F)F)cc1. The van der Waals surface area contributed by atoms with Crippen molar-refractivity contribution in [3.8, 4) is 0 Å². The number of likely N-dealkylation sites (N-methyl/N-ethyl adjacent to an activating group) is 1. The Morgan fingerprint density at radius 2 is 1.75 bits per heavy atom. The van der Waals surface area contributed by atoms with E-state index in [1.165, 1.54) is 10.5 Å². The molecule has 0 aliphatic carbocycles. The third kappa shape index (κ3) is 5.13. The van der Waals surface area contributed by atoms with Gasteiger partial charge < -0.3 is 10.0 Å². The summed E-state index contributed by atoms with van der Waals surface area (Å²) in [7, 11) is 1.60. The fraction of sp³-hybridized carbons (Fsp3) is 0.600. The fourth-order valence-corrected chi connectivity index (χ4v) is 1.98. The van der Waals surface area contributed by atoms with Crippen LogP contribution in [0, 0.1) is 0 Å². The summed E-state index contributed by atoms with van der Waals surface area (Å²) >= 11 is 0. The van der Waals surface area contributed by atoms with E-state index in [1.54, 1.807) is 14.0 Å². The van der Waals surface area contributed by atoms with E-state index in [2.05, 4.69) is 0 Å². The molecule has 2 nitrogen and oxygen atoms in total. The highest BCUT2D eigenvalue weighted by molar-refractivity contribution is 5.24. The molecule has 0 fully saturated rings. The van der Waals surface area contributed by atoms with E-state index in [0.29, 0.717) is 0 Å². The first-order chi connectivity index (χ1) is 9.24. The molecule has 0 spiro atoms. The van der Waals surface area contributed by atoms with Crippen LogP contribution >= 0.6 is 0 Å². The van der Waals surface area contributed by atoms with Gasteiger partial charge in [-0.25, -0.2) is 0 Å². The smallest absolute Gasteiger partial charge is 0.387 e. The zero-order valence-corrected chi connectivity index (χ0v) is 12.1. The average Bonchev–Trinajstić information content (AvgIpc) is 2.42. The third-order valence-electron chi connectivity index (χ3n) is 3.63. The normalized spacial score (nSPS) is 15.4. The van der Waals surface area contributed by atoms with Gasteiger partial charge in [-0.3, -0.25) is 0 Å². The summed E-state index contributed by atoms with van der Waals surface area (Å²) < 4.78 is 36.6. The van der Waals surface area contributed by atoms with Gasteiger partial charge in [-0.2, -0.15) is 13.2 Å². The van der Waals surface area contributed by atoms with Gasteiger partial charge in [0.25, 0.3) is 0 Å². The quantitative estimate of drug-likeness (QED) is 0.865. The van der Waals surface area contributed by atoms with Gasteiger partial charge in [0.2, 0.25) is 0 Å². The van der Waals surface area contributed by atoms with Crippen LogP contribution in [0.3, 0.4) is 0 Å². The highest BCUT2D eigenvalue weighted by atomic mass is 19.4. The number of halogens is 3. The van der Waals surface area contributed by atoms with Crippen molar-refractivity contribution >= 4 is 0 Å². The number of hydrogen-bond acceptors (Lipinski definition) is 2. The molecule has 114 valence electrons. The maximum atomic E-state index is 12.2. The second kappa shape index (κ2) is 7.09. The molecule has 0 heterocycles. The summed E-state index contributed by atoms with van der Waals surface area (Å²) in [6, 6.07) is 7.15. The van der Waals surface area contributed by atoms with Crippen molar-refractivity contribution in [2.24, 2.45) is 0 Å². The number of rotatable bonds is 6. The summed E-state index contributed by atoms with van der Waals surface area (Å²) in [6.45, 7) is 3.66. The van der Waals surface area contributed by atoms with Gasteiger partial charge in [0.05, 0.1) is 12.5 Å². The molecule has 0 amide bonds. The Morgan fingerprint density at radius 3 is 2.20 bits per heavy atom. The number of aliphatic hydroxyl groups excluding tert-OH is 1. The summed E-state index contributed by atoms with van der Waals surface area (Å²) in [5, 5.41) is 10.2. The predicted molar refractivity (Wildman–Crippen MR) is 73.5 cm³/mol. The van der Waals surface area contributed by atoms with Gasteiger partial charge in [-0.15, -0.1) is 0 Å². The van der Waals surface area contributed by atoms with Crippen LogP contribution in [0.25, 0.3) is 0 Å². The molecule has 0 saturated heterocycles. The molecule has 2 unspecified atom stereocenters. The van der Waals surface area contributed by atoms with Crippen LogP contribution in [-0.2, 0) is 6.42 Å². The van der Waals surface area contributed by atoms with Crippen molar-refractivity contribution in [1.82, 2.24) is 4.90 Å². The van der Waals surface area contributed by atoms with Gasteiger partial charge in [0, 0.05) is 12.6 Å². The maximum Gasteiger partial charge on any atom is 0.390 e. The molecule has 2 atom stereocenters. The van der Waals surface area contributed by atoms with E-state index < -0.39 is 18.7 Å². The molecule has 0 bridgehead atoms. The van der Waals surface area contributed by atoms with Crippen molar-refractivity contribution in [2.45, 2.75) is 45.0 Å². The highest BCUT2D eigenvalue weighted by Gasteiger charge is 2.29. The minimum Gasteiger partial charge on any atom is -0.387 e. The van der Waals surface area contributed by atoms with E-state index in [1.807, 2.05) is 31.2 Å². The molecule has 1 N–H and O–H groups in total. The van der Waals surface area contributed by atoms with Crippen molar-refractivity contribution in [3.63, 3.8) is 0 Å². The van der Waals surface area contributed by atoms with Crippen molar-refractivity contribution in [1.29, 1.82) is 0 Å². The van der Waals surface area contributed by atoms with E-state index in [4.69, 9.17) is 0 Å². The molecule has 5 heteroatoms. The number of aliphatic hydroxyl groups is 1. The topological polar surface area (TPSA) is 23.5 Å². The first-order valence-corrected chi connectivity index (χ1v) is 6.78. The second-order valence-corrected chi connectivity index (χ2v) is 5.13. The Balaban J connectivity index is 2.62. The summed E-state index contributed by atoms with van der Waals surface area (Å²) in [5.74, 6) is 0. The van der Waals surface area contributed by atoms with Crippen LogP contribution in [0.15, 0.2) is 24.3 Å². The molecule has 0 saturated carbocycles. The van der Waals surface area contributed by atoms with Crippen LogP contribution in [0.4, 0.5) is 13.2 Å². The maximum absolute atomic E-state index is 12.2. The van der Waals surface area contributed by atoms with Crippen LogP contribution in [0.1, 0.15) is 37.5 Å². The molecule has 1 aromatic carbocycles. The lowest BCUT2D eigenvalue weighted by molar-refractivity contribution is -0.139. The Bertz CT molecular complexity index is 403. The number of nitrogens with zero attached hydrogens (tertiary/aromatic N) is 1. The second-order valence-electron chi connectivity index (χ2n) is 5.13. The number of hydrogen-bond donors (Lipinski definition) is 1. The van der Waals surface area contributed by atoms with Crippen LogP contribution in [0.5, 0.6) is 0 Å². The van der Waals surface area contributed by atoms with Crippen LogP contribution < -0.4 is 0 Å². The van der Waals surface area contributed by atoms with Gasteiger partial charge in [0.1, 0.15) is 0 Å². The Kier molecular flexibility index (Phi) is 6.02. The molecule has 0 radical (unpaired) electrons. The van der Waals surface area contributed by atoms with Gasteiger partial charge >= 0.3 is 6.18 Å². The minimum atomic E-state index is -4.16. The predicted octanol–water partition coefficient (Wildman–Crippen LogP) is 3.56. The van der Waals surface area contributed by atoms with E-state index in [9.17, 15) is 18.3 Å². The lowest BCUT2D eigenvalue weighted by Crippen LogP contribution is -2.36.